The van der Waals surface area contributed by atoms with Gasteiger partial charge in [-0.05, 0) is 12.0 Å². The van der Waals surface area contributed by atoms with Crippen LogP contribution >= 0.6 is 0 Å². The third-order valence-corrected chi connectivity index (χ3v) is 4.15. The van der Waals surface area contributed by atoms with E-state index in [1.54, 1.807) is 15.9 Å². The summed E-state index contributed by atoms with van der Waals surface area (Å²) in [6.45, 7) is 5.87. The number of fused-ring (bicyclic) bond motifs is 1. The number of rotatable bonds is 2. The number of hydrogen-bond acceptors (Lipinski definition) is 6. The van der Waals surface area contributed by atoms with Crippen LogP contribution in [0.2, 0.25) is 0 Å². The third kappa shape index (κ3) is 2.91. The quantitative estimate of drug-likeness (QED) is 0.834. The van der Waals surface area contributed by atoms with Gasteiger partial charge in [0.1, 0.15) is 0 Å². The fourth-order valence-electron chi connectivity index (χ4n) is 2.79. The zero-order chi connectivity index (χ0) is 17.3. The Bertz CT molecular complexity index is 763. The van der Waals surface area contributed by atoms with E-state index in [0.29, 0.717) is 37.5 Å². The Labute approximate surface area is 139 Å². The number of carbonyl (C=O) groups is 2. The molecule has 0 spiro atoms. The first kappa shape index (κ1) is 16.2. The molecule has 8 heteroatoms. The molecule has 3 heterocycles. The maximum absolute atomic E-state index is 12.7. The van der Waals surface area contributed by atoms with Gasteiger partial charge in [-0.25, -0.2) is 9.78 Å². The van der Waals surface area contributed by atoms with Crippen molar-refractivity contribution >= 4 is 23.1 Å². The molecule has 1 aliphatic rings. The molecular weight excluding hydrogens is 312 g/mol. The van der Waals surface area contributed by atoms with Gasteiger partial charge < -0.3 is 19.1 Å². The first-order valence-electron chi connectivity index (χ1n) is 7.88. The Morgan fingerprint density at radius 2 is 1.88 bits per heavy atom. The van der Waals surface area contributed by atoms with Crippen molar-refractivity contribution in [2.45, 2.75) is 19.8 Å². The van der Waals surface area contributed by atoms with Crippen molar-refractivity contribution in [3.8, 4) is 0 Å². The topological polar surface area (TPSA) is 88.8 Å². The van der Waals surface area contributed by atoms with Crippen LogP contribution in [0.25, 0.3) is 11.1 Å². The lowest BCUT2D eigenvalue weighted by Gasteiger charge is -2.33. The first-order chi connectivity index (χ1) is 11.5. The second-order valence-corrected chi connectivity index (χ2v) is 6.05. The van der Waals surface area contributed by atoms with E-state index < -0.39 is 0 Å². The van der Waals surface area contributed by atoms with E-state index in [4.69, 9.17) is 9.26 Å². The van der Waals surface area contributed by atoms with Gasteiger partial charge in [0.25, 0.3) is 11.6 Å². The van der Waals surface area contributed by atoms with Crippen molar-refractivity contribution in [2.24, 2.45) is 0 Å². The fourth-order valence-corrected chi connectivity index (χ4v) is 2.79. The van der Waals surface area contributed by atoms with Gasteiger partial charge >= 0.3 is 6.09 Å². The summed E-state index contributed by atoms with van der Waals surface area (Å²) in [5.74, 6) is 0.0758. The predicted octanol–water partition coefficient (Wildman–Crippen LogP) is 1.87. The minimum Gasteiger partial charge on any atom is -0.453 e. The van der Waals surface area contributed by atoms with Crippen LogP contribution in [0.4, 0.5) is 4.79 Å². The summed E-state index contributed by atoms with van der Waals surface area (Å²) in [6.07, 6.45) is 1.14. The highest BCUT2D eigenvalue weighted by Crippen LogP contribution is 2.24. The van der Waals surface area contributed by atoms with Gasteiger partial charge in [0.15, 0.2) is 0 Å². The third-order valence-electron chi connectivity index (χ3n) is 4.15. The lowest BCUT2D eigenvalue weighted by Crippen LogP contribution is -2.50. The van der Waals surface area contributed by atoms with Gasteiger partial charge in [0.2, 0.25) is 0 Å². The molecule has 128 valence electrons. The normalized spacial score (nSPS) is 15.2. The maximum Gasteiger partial charge on any atom is 0.409 e. The molecular formula is C16H20N4O4. The average Bonchev–Trinajstić information content (AvgIpc) is 3.04. The van der Waals surface area contributed by atoms with Gasteiger partial charge in [-0.15, -0.1) is 0 Å². The summed E-state index contributed by atoms with van der Waals surface area (Å²) in [4.78, 5) is 31.7. The second kappa shape index (κ2) is 6.46. The summed E-state index contributed by atoms with van der Waals surface area (Å²) in [5.41, 5.74) is 1.73. The fraction of sp³-hybridized carbons (Fsp3) is 0.500. The van der Waals surface area contributed by atoms with Crippen LogP contribution in [0.15, 0.2) is 16.8 Å². The molecule has 8 nitrogen and oxygen atoms in total. The van der Waals surface area contributed by atoms with E-state index in [-0.39, 0.29) is 17.9 Å². The number of piperazine rings is 1. The smallest absolute Gasteiger partial charge is 0.409 e. The van der Waals surface area contributed by atoms with E-state index in [1.165, 1.54) is 13.3 Å². The summed E-state index contributed by atoms with van der Waals surface area (Å²) < 4.78 is 9.90. The van der Waals surface area contributed by atoms with Crippen LogP contribution < -0.4 is 0 Å². The molecule has 0 unspecified atom stereocenters. The number of carbonyl (C=O) groups excluding carboxylic acids is 2. The molecule has 24 heavy (non-hydrogen) atoms. The van der Waals surface area contributed by atoms with Crippen molar-refractivity contribution in [2.75, 3.05) is 33.3 Å². The standard InChI is InChI=1S/C16H20N4O4/c1-10(2)13-12-8-11(9-17-14(12)24-18-13)15(21)19-4-6-20(7-5-19)16(22)23-3/h8-10H,4-7H2,1-3H3. The van der Waals surface area contributed by atoms with Crippen LogP contribution in [0, 0.1) is 0 Å². The zero-order valence-corrected chi connectivity index (χ0v) is 14.0. The Kier molecular flexibility index (Phi) is 4.37. The number of nitrogens with zero attached hydrogens (tertiary/aromatic N) is 4. The van der Waals surface area contributed by atoms with Crippen molar-refractivity contribution in [3.05, 3.63) is 23.5 Å². The molecule has 3 rings (SSSR count). The van der Waals surface area contributed by atoms with E-state index in [1.807, 2.05) is 13.8 Å². The Morgan fingerprint density at radius 1 is 1.21 bits per heavy atom. The van der Waals surface area contributed by atoms with Crippen LogP contribution in [0.1, 0.15) is 35.8 Å². The van der Waals surface area contributed by atoms with E-state index in [2.05, 4.69) is 10.1 Å². The number of ether oxygens (including phenoxy) is 1. The van der Waals surface area contributed by atoms with Gasteiger partial charge in [0, 0.05) is 32.4 Å². The summed E-state index contributed by atoms with van der Waals surface area (Å²) >= 11 is 0. The number of pyridine rings is 1. The Hall–Kier alpha value is -2.64. The predicted molar refractivity (Wildman–Crippen MR) is 85.8 cm³/mol. The second-order valence-electron chi connectivity index (χ2n) is 6.05. The zero-order valence-electron chi connectivity index (χ0n) is 14.0. The number of aromatic nitrogens is 2. The van der Waals surface area contributed by atoms with Crippen LogP contribution in [-0.4, -0.2) is 65.2 Å². The summed E-state index contributed by atoms with van der Waals surface area (Å²) in [5, 5.41) is 4.79. The van der Waals surface area contributed by atoms with Crippen LogP contribution in [-0.2, 0) is 4.74 Å². The summed E-state index contributed by atoms with van der Waals surface area (Å²) in [7, 11) is 1.35. The van der Waals surface area contributed by atoms with Crippen molar-refractivity contribution in [3.63, 3.8) is 0 Å². The number of methoxy groups -OCH3 is 1. The monoisotopic (exact) mass is 332 g/mol. The van der Waals surface area contributed by atoms with E-state index >= 15 is 0 Å². The van der Waals surface area contributed by atoms with Gasteiger partial charge in [-0.3, -0.25) is 4.79 Å². The lowest BCUT2D eigenvalue weighted by atomic mass is 10.1. The van der Waals surface area contributed by atoms with E-state index in [0.717, 1.165) is 11.1 Å². The SMILES string of the molecule is COC(=O)N1CCN(C(=O)c2cnc3onc(C(C)C)c3c2)CC1. The highest BCUT2D eigenvalue weighted by molar-refractivity contribution is 5.97. The molecule has 2 aromatic heterocycles. The Morgan fingerprint density at radius 3 is 2.50 bits per heavy atom. The average molecular weight is 332 g/mol. The van der Waals surface area contributed by atoms with Gasteiger partial charge in [-0.2, -0.15) is 0 Å². The van der Waals surface area contributed by atoms with E-state index in [9.17, 15) is 9.59 Å². The van der Waals surface area contributed by atoms with Gasteiger partial charge in [-0.1, -0.05) is 19.0 Å². The highest BCUT2D eigenvalue weighted by atomic mass is 16.5. The van der Waals surface area contributed by atoms with Crippen LogP contribution in [0.5, 0.6) is 0 Å². The largest absolute Gasteiger partial charge is 0.453 e. The first-order valence-corrected chi connectivity index (χ1v) is 7.88. The molecule has 2 aromatic rings. The molecule has 1 aliphatic heterocycles. The van der Waals surface area contributed by atoms with Crippen molar-refractivity contribution < 1.29 is 18.8 Å². The number of hydrogen-bond donors (Lipinski definition) is 0. The van der Waals surface area contributed by atoms with Crippen molar-refractivity contribution in [1.82, 2.24) is 19.9 Å². The molecule has 0 radical (unpaired) electrons. The molecule has 0 saturated carbocycles. The molecule has 0 aliphatic carbocycles. The molecule has 2 amide bonds. The molecule has 1 saturated heterocycles. The lowest BCUT2D eigenvalue weighted by molar-refractivity contribution is 0.0599. The Balaban J connectivity index is 1.77. The molecule has 0 bridgehead atoms. The number of amides is 2. The highest BCUT2D eigenvalue weighted by Gasteiger charge is 2.26. The van der Waals surface area contributed by atoms with Crippen LogP contribution in [0.3, 0.4) is 0 Å². The molecule has 0 N–H and O–H groups in total. The molecule has 0 aromatic carbocycles. The maximum atomic E-state index is 12.7. The summed E-state index contributed by atoms with van der Waals surface area (Å²) in [6, 6.07) is 1.78. The minimum absolute atomic E-state index is 0.107. The van der Waals surface area contributed by atoms with Gasteiger partial charge in [0.05, 0.1) is 23.8 Å². The molecule has 1 fully saturated rings. The van der Waals surface area contributed by atoms with Crippen molar-refractivity contribution in [1.29, 1.82) is 0 Å². The molecule has 0 atom stereocenters. The minimum atomic E-state index is -0.365.